The average molecular weight is 323 g/mol. The second kappa shape index (κ2) is 7.82. The summed E-state index contributed by atoms with van der Waals surface area (Å²) in [6, 6.07) is 4.45. The van der Waals surface area contributed by atoms with E-state index in [0.29, 0.717) is 24.0 Å². The Bertz CT molecular complexity index is 597. The van der Waals surface area contributed by atoms with Gasteiger partial charge in [-0.2, -0.15) is 13.2 Å². The number of rotatable bonds is 6. The van der Waals surface area contributed by atoms with Crippen LogP contribution in [0.3, 0.4) is 0 Å². The zero-order valence-electron chi connectivity index (χ0n) is 13.5. The first kappa shape index (κ1) is 17.8. The number of aryl methyl sites for hydroxylation is 1. The Morgan fingerprint density at radius 3 is 2.17 bits per heavy atom. The van der Waals surface area contributed by atoms with E-state index in [1.165, 1.54) is 17.2 Å². The van der Waals surface area contributed by atoms with E-state index in [4.69, 9.17) is 5.73 Å². The van der Waals surface area contributed by atoms with Crippen LogP contribution in [-0.2, 0) is 19.1 Å². The molecule has 0 heterocycles. The molecule has 0 saturated heterocycles. The fraction of sp³-hybridized carbons (Fsp3) is 0.474. The van der Waals surface area contributed by atoms with Gasteiger partial charge in [-0.25, -0.2) is 0 Å². The van der Waals surface area contributed by atoms with E-state index in [0.717, 1.165) is 25.7 Å². The third-order valence-corrected chi connectivity index (χ3v) is 4.32. The number of benzene rings is 1. The van der Waals surface area contributed by atoms with Crippen LogP contribution in [0.5, 0.6) is 0 Å². The van der Waals surface area contributed by atoms with Crippen molar-refractivity contribution in [2.24, 2.45) is 5.73 Å². The number of hydrogen-bond acceptors (Lipinski definition) is 1. The van der Waals surface area contributed by atoms with Crippen molar-refractivity contribution in [2.75, 3.05) is 0 Å². The first-order valence-electron chi connectivity index (χ1n) is 8.20. The average Bonchev–Trinajstić information content (AvgIpc) is 2.53. The van der Waals surface area contributed by atoms with Gasteiger partial charge in [0.2, 0.25) is 0 Å². The van der Waals surface area contributed by atoms with Crippen LogP contribution in [0.2, 0.25) is 0 Å². The first-order valence-corrected chi connectivity index (χ1v) is 8.20. The van der Waals surface area contributed by atoms with E-state index in [9.17, 15) is 13.2 Å². The van der Waals surface area contributed by atoms with Crippen molar-refractivity contribution in [2.45, 2.75) is 58.2 Å². The Hall–Kier alpha value is -1.55. The Kier molecular flexibility index (Phi) is 6.05. The third kappa shape index (κ3) is 4.96. The summed E-state index contributed by atoms with van der Waals surface area (Å²) in [7, 11) is 0. The van der Waals surface area contributed by atoms with Crippen LogP contribution in [0.15, 0.2) is 41.5 Å². The van der Waals surface area contributed by atoms with Crippen LogP contribution in [0.1, 0.15) is 55.7 Å². The monoisotopic (exact) mass is 323 g/mol. The molecule has 1 aromatic carbocycles. The molecule has 23 heavy (non-hydrogen) atoms. The maximum Gasteiger partial charge on any atom is 0.416 e. The first-order chi connectivity index (χ1) is 10.9. The van der Waals surface area contributed by atoms with Crippen molar-refractivity contribution >= 4 is 0 Å². The number of hydrogen-bond donors (Lipinski definition) is 1. The highest BCUT2D eigenvalue weighted by Gasteiger charge is 2.33. The number of nitrogens with two attached hydrogens (primary N) is 1. The van der Waals surface area contributed by atoms with Crippen LogP contribution in [0, 0.1) is 0 Å². The zero-order chi connectivity index (χ0) is 16.9. The molecule has 1 nitrogen and oxygen atoms in total. The Balaban J connectivity index is 2.09. The van der Waals surface area contributed by atoms with Gasteiger partial charge in [0.1, 0.15) is 0 Å². The lowest BCUT2D eigenvalue weighted by Crippen LogP contribution is -2.11. The van der Waals surface area contributed by atoms with Gasteiger partial charge in [0.15, 0.2) is 0 Å². The van der Waals surface area contributed by atoms with E-state index in [-0.39, 0.29) is 6.54 Å². The molecule has 4 heteroatoms. The Morgan fingerprint density at radius 1 is 1.00 bits per heavy atom. The smallest absolute Gasteiger partial charge is 0.326 e. The minimum atomic E-state index is -4.32. The topological polar surface area (TPSA) is 26.0 Å². The van der Waals surface area contributed by atoms with Crippen LogP contribution >= 0.6 is 0 Å². The van der Waals surface area contributed by atoms with Crippen LogP contribution in [0.4, 0.5) is 13.2 Å². The second-order valence-corrected chi connectivity index (χ2v) is 6.09. The maximum atomic E-state index is 13.2. The highest BCUT2D eigenvalue weighted by molar-refractivity contribution is 5.35. The van der Waals surface area contributed by atoms with Gasteiger partial charge >= 0.3 is 6.18 Å². The molecule has 0 spiro atoms. The van der Waals surface area contributed by atoms with Crippen molar-refractivity contribution in [1.29, 1.82) is 0 Å². The Labute approximate surface area is 136 Å². The molecule has 2 rings (SSSR count). The van der Waals surface area contributed by atoms with Gasteiger partial charge in [0.25, 0.3) is 0 Å². The summed E-state index contributed by atoms with van der Waals surface area (Å²) in [5.41, 5.74) is 8.47. The van der Waals surface area contributed by atoms with Gasteiger partial charge in [-0.1, -0.05) is 48.8 Å². The van der Waals surface area contributed by atoms with E-state index >= 15 is 0 Å². The number of alkyl halides is 3. The number of halogens is 3. The summed E-state index contributed by atoms with van der Waals surface area (Å²) in [5.74, 6) is 0. The number of allylic oxidation sites excluding steroid dienone is 4. The fourth-order valence-corrected chi connectivity index (χ4v) is 2.99. The lowest BCUT2D eigenvalue weighted by Gasteiger charge is -2.17. The molecule has 0 aromatic heterocycles. The van der Waals surface area contributed by atoms with E-state index < -0.39 is 11.7 Å². The molecular formula is C19H24F3N. The fourth-order valence-electron chi connectivity index (χ4n) is 2.99. The molecule has 0 amide bonds. The predicted octanol–water partition coefficient (Wildman–Crippen LogP) is 5.54. The van der Waals surface area contributed by atoms with E-state index in [2.05, 4.69) is 19.1 Å². The normalized spacial score (nSPS) is 15.3. The summed E-state index contributed by atoms with van der Waals surface area (Å²) in [4.78, 5) is 0. The van der Waals surface area contributed by atoms with Crippen molar-refractivity contribution in [3.05, 3.63) is 58.2 Å². The van der Waals surface area contributed by atoms with Gasteiger partial charge in [-0.05, 0) is 49.3 Å². The molecule has 0 radical (unpaired) electrons. The summed E-state index contributed by atoms with van der Waals surface area (Å²) >= 11 is 0. The molecular weight excluding hydrogens is 299 g/mol. The van der Waals surface area contributed by atoms with Crippen LogP contribution < -0.4 is 5.73 Å². The van der Waals surface area contributed by atoms with Gasteiger partial charge in [0.05, 0.1) is 5.56 Å². The minimum Gasteiger partial charge on any atom is -0.326 e. The van der Waals surface area contributed by atoms with Gasteiger partial charge < -0.3 is 5.73 Å². The quantitative estimate of drug-likeness (QED) is 0.730. The van der Waals surface area contributed by atoms with Gasteiger partial charge in [-0.15, -0.1) is 0 Å². The van der Waals surface area contributed by atoms with Crippen molar-refractivity contribution in [3.8, 4) is 0 Å². The molecule has 0 atom stereocenters. The second-order valence-electron chi connectivity index (χ2n) is 6.09. The van der Waals surface area contributed by atoms with Crippen molar-refractivity contribution in [1.82, 2.24) is 0 Å². The maximum absolute atomic E-state index is 13.2. The summed E-state index contributed by atoms with van der Waals surface area (Å²) in [6.07, 6.45) is 5.27. The zero-order valence-corrected chi connectivity index (χ0v) is 13.5. The molecule has 0 aliphatic heterocycles. The molecule has 2 N–H and O–H groups in total. The van der Waals surface area contributed by atoms with Crippen LogP contribution in [0.25, 0.3) is 0 Å². The summed E-state index contributed by atoms with van der Waals surface area (Å²) < 4.78 is 39.6. The highest BCUT2D eigenvalue weighted by atomic mass is 19.4. The molecule has 1 aromatic rings. The lowest BCUT2D eigenvalue weighted by molar-refractivity contribution is -0.138. The molecule has 1 aliphatic rings. The Morgan fingerprint density at radius 2 is 1.65 bits per heavy atom. The molecule has 1 aliphatic carbocycles. The largest absolute Gasteiger partial charge is 0.416 e. The van der Waals surface area contributed by atoms with Crippen molar-refractivity contribution < 1.29 is 13.2 Å². The minimum absolute atomic E-state index is 0.125. The molecule has 0 bridgehead atoms. The lowest BCUT2D eigenvalue weighted by atomic mass is 9.91. The van der Waals surface area contributed by atoms with E-state index in [1.54, 1.807) is 12.1 Å². The standard InChI is InChI=1S/C19H24F3N/c1-2-3-14-4-6-15(7-5-14)8-10-17-11-9-16(13-23)12-18(17)19(20,21)22/h4,6,9,11-12H,2-3,5,7-8,10,13,23H2,1H3. The molecule has 126 valence electrons. The van der Waals surface area contributed by atoms with Gasteiger partial charge in [0, 0.05) is 6.54 Å². The molecule has 0 fully saturated rings. The van der Waals surface area contributed by atoms with E-state index in [1.807, 2.05) is 0 Å². The highest BCUT2D eigenvalue weighted by Crippen LogP contribution is 2.34. The third-order valence-electron chi connectivity index (χ3n) is 4.32. The SMILES string of the molecule is CCCC1=CC=C(CCc2ccc(CN)cc2C(F)(F)F)CC1. The summed E-state index contributed by atoms with van der Waals surface area (Å²) in [6.45, 7) is 2.28. The predicted molar refractivity (Wildman–Crippen MR) is 88.0 cm³/mol. The van der Waals surface area contributed by atoms with Crippen LogP contribution in [-0.4, -0.2) is 0 Å². The molecule has 0 unspecified atom stereocenters. The van der Waals surface area contributed by atoms with Crippen molar-refractivity contribution in [3.63, 3.8) is 0 Å². The molecule has 0 saturated carbocycles. The summed E-state index contributed by atoms with van der Waals surface area (Å²) in [5, 5.41) is 0. The van der Waals surface area contributed by atoms with Gasteiger partial charge in [-0.3, -0.25) is 0 Å².